The highest BCUT2D eigenvalue weighted by atomic mass is 19.1. The van der Waals surface area contributed by atoms with Crippen LogP contribution in [0.4, 0.5) is 10.1 Å². The Bertz CT molecular complexity index is 449. The molecule has 5 heteroatoms. The summed E-state index contributed by atoms with van der Waals surface area (Å²) in [5.74, 6) is -1.74. The molecule has 0 fully saturated rings. The van der Waals surface area contributed by atoms with Crippen molar-refractivity contribution in [2.45, 2.75) is 0 Å². The molecule has 0 aliphatic carbocycles. The van der Waals surface area contributed by atoms with Gasteiger partial charge in [0.2, 0.25) is 0 Å². The minimum absolute atomic E-state index is 0.117. The molecule has 0 saturated heterocycles. The number of nitrogens with zero attached hydrogens (tertiary/aromatic N) is 1. The largest absolute Gasteiger partial charge is 0.478 e. The number of anilines is 1. The third-order valence-corrected chi connectivity index (χ3v) is 1.56. The Morgan fingerprint density at radius 2 is 2.33 bits per heavy atom. The molecule has 0 aliphatic heterocycles. The number of hydrogen-bond acceptors (Lipinski definition) is 3. The van der Waals surface area contributed by atoms with E-state index in [9.17, 15) is 9.18 Å². The number of nitriles is 1. The summed E-state index contributed by atoms with van der Waals surface area (Å²) < 4.78 is 13.2. The van der Waals surface area contributed by atoms with E-state index in [1.807, 2.05) is 0 Å². The molecule has 0 amide bonds. The van der Waals surface area contributed by atoms with Gasteiger partial charge in [0.25, 0.3) is 0 Å². The van der Waals surface area contributed by atoms with Gasteiger partial charge < -0.3 is 10.4 Å². The van der Waals surface area contributed by atoms with Crippen molar-refractivity contribution in [1.82, 2.24) is 0 Å². The van der Waals surface area contributed by atoms with Crippen LogP contribution in [0.15, 0.2) is 30.5 Å². The average Bonchev–Trinajstić information content (AvgIpc) is 2.20. The number of nitrogens with one attached hydrogen (secondary N) is 1. The van der Waals surface area contributed by atoms with E-state index in [4.69, 9.17) is 10.4 Å². The van der Waals surface area contributed by atoms with Crippen molar-refractivity contribution < 1.29 is 14.3 Å². The molecule has 1 rings (SSSR count). The van der Waals surface area contributed by atoms with Gasteiger partial charge in [-0.1, -0.05) is 0 Å². The van der Waals surface area contributed by atoms with Crippen molar-refractivity contribution in [3.05, 3.63) is 41.9 Å². The second-order valence-corrected chi connectivity index (χ2v) is 2.62. The molecule has 1 aromatic rings. The van der Waals surface area contributed by atoms with Gasteiger partial charge in [0.1, 0.15) is 5.82 Å². The van der Waals surface area contributed by atoms with Crippen LogP contribution in [0.5, 0.6) is 0 Å². The minimum atomic E-state index is -1.13. The summed E-state index contributed by atoms with van der Waals surface area (Å²) in [7, 11) is 0. The summed E-state index contributed by atoms with van der Waals surface area (Å²) in [6, 6.07) is 5.65. The first-order valence-corrected chi connectivity index (χ1v) is 3.99. The third kappa shape index (κ3) is 3.12. The molecule has 15 heavy (non-hydrogen) atoms. The van der Waals surface area contributed by atoms with E-state index in [1.165, 1.54) is 12.1 Å². The summed E-state index contributed by atoms with van der Waals surface area (Å²) in [6.45, 7) is 0. The van der Waals surface area contributed by atoms with Crippen LogP contribution < -0.4 is 5.32 Å². The van der Waals surface area contributed by atoms with Gasteiger partial charge in [-0.3, -0.25) is 0 Å². The summed E-state index contributed by atoms with van der Waals surface area (Å²) in [5.41, 5.74) is 0.326. The van der Waals surface area contributed by atoms with Gasteiger partial charge in [-0.05, 0) is 18.2 Å². The van der Waals surface area contributed by atoms with Crippen molar-refractivity contribution in [3.63, 3.8) is 0 Å². The summed E-state index contributed by atoms with van der Waals surface area (Å²) in [4.78, 5) is 10.1. The maximum Gasteiger partial charge on any atom is 0.329 e. The van der Waals surface area contributed by atoms with Crippen molar-refractivity contribution >= 4 is 11.7 Å². The molecule has 1 aromatic carbocycles. The van der Waals surface area contributed by atoms with E-state index in [-0.39, 0.29) is 11.3 Å². The molecule has 2 N–H and O–H groups in total. The zero-order chi connectivity index (χ0) is 11.3. The Labute approximate surface area is 85.3 Å². The molecule has 0 unspecified atom stereocenters. The average molecular weight is 206 g/mol. The SMILES string of the molecule is N#Cc1ccc(N/C=C/C(=O)O)c(F)c1. The van der Waals surface area contributed by atoms with Gasteiger partial charge in [0, 0.05) is 12.3 Å². The predicted molar refractivity (Wildman–Crippen MR) is 51.5 cm³/mol. The van der Waals surface area contributed by atoms with Gasteiger partial charge >= 0.3 is 5.97 Å². The highest BCUT2D eigenvalue weighted by molar-refractivity contribution is 5.80. The van der Waals surface area contributed by atoms with Gasteiger partial charge in [-0.2, -0.15) is 5.26 Å². The highest BCUT2D eigenvalue weighted by Gasteiger charge is 2.01. The monoisotopic (exact) mass is 206 g/mol. The molecular formula is C10H7FN2O2. The number of carbonyl (C=O) groups is 1. The van der Waals surface area contributed by atoms with Crippen LogP contribution in [0.2, 0.25) is 0 Å². The Morgan fingerprint density at radius 3 is 2.87 bits per heavy atom. The number of rotatable bonds is 3. The van der Waals surface area contributed by atoms with Crippen molar-refractivity contribution in [2.75, 3.05) is 5.32 Å². The summed E-state index contributed by atoms with van der Waals surface area (Å²) in [6.07, 6.45) is 1.95. The third-order valence-electron chi connectivity index (χ3n) is 1.56. The second-order valence-electron chi connectivity index (χ2n) is 2.62. The second kappa shape index (κ2) is 4.77. The van der Waals surface area contributed by atoms with Crippen molar-refractivity contribution in [2.24, 2.45) is 0 Å². The zero-order valence-electron chi connectivity index (χ0n) is 7.57. The van der Waals surface area contributed by atoms with E-state index in [1.54, 1.807) is 6.07 Å². The quantitative estimate of drug-likeness (QED) is 0.738. The van der Waals surface area contributed by atoms with Gasteiger partial charge in [0.05, 0.1) is 17.3 Å². The molecule has 0 atom stereocenters. The van der Waals surface area contributed by atoms with Gasteiger partial charge in [0.15, 0.2) is 0 Å². The molecule has 4 nitrogen and oxygen atoms in total. The lowest BCUT2D eigenvalue weighted by atomic mass is 10.2. The number of carboxylic acid groups (broad SMARTS) is 1. The fourth-order valence-electron chi connectivity index (χ4n) is 0.904. The van der Waals surface area contributed by atoms with Gasteiger partial charge in [-0.15, -0.1) is 0 Å². The number of halogens is 1. The number of hydrogen-bond donors (Lipinski definition) is 2. The molecule has 0 aromatic heterocycles. The lowest BCUT2D eigenvalue weighted by Gasteiger charge is -2.01. The molecule has 0 bridgehead atoms. The van der Waals surface area contributed by atoms with Crippen LogP contribution in [0.1, 0.15) is 5.56 Å². The van der Waals surface area contributed by atoms with E-state index in [0.29, 0.717) is 0 Å². The van der Waals surface area contributed by atoms with Crippen LogP contribution in [0, 0.1) is 17.1 Å². The zero-order valence-corrected chi connectivity index (χ0v) is 7.57. The Morgan fingerprint density at radius 1 is 1.60 bits per heavy atom. The molecule has 76 valence electrons. The van der Waals surface area contributed by atoms with Crippen LogP contribution in [-0.4, -0.2) is 11.1 Å². The Balaban J connectivity index is 2.80. The highest BCUT2D eigenvalue weighted by Crippen LogP contribution is 2.14. The maximum absolute atomic E-state index is 13.2. The lowest BCUT2D eigenvalue weighted by molar-refractivity contribution is -0.131. The fourth-order valence-corrected chi connectivity index (χ4v) is 0.904. The topological polar surface area (TPSA) is 73.1 Å². The fraction of sp³-hybridized carbons (Fsp3) is 0. The number of benzene rings is 1. The minimum Gasteiger partial charge on any atom is -0.478 e. The van der Waals surface area contributed by atoms with Crippen LogP contribution in [0.3, 0.4) is 0 Å². The molecule has 0 spiro atoms. The van der Waals surface area contributed by atoms with E-state index < -0.39 is 11.8 Å². The number of aliphatic carboxylic acids is 1. The van der Waals surface area contributed by atoms with Crippen molar-refractivity contribution in [1.29, 1.82) is 5.26 Å². The molecule has 0 saturated carbocycles. The summed E-state index contributed by atoms with van der Waals surface area (Å²) >= 11 is 0. The lowest BCUT2D eigenvalue weighted by Crippen LogP contribution is -1.95. The van der Waals surface area contributed by atoms with Crippen LogP contribution in [-0.2, 0) is 4.79 Å². The normalized spacial score (nSPS) is 9.87. The molecule has 0 heterocycles. The maximum atomic E-state index is 13.2. The van der Waals surface area contributed by atoms with E-state index >= 15 is 0 Å². The number of carboxylic acids is 1. The smallest absolute Gasteiger partial charge is 0.329 e. The van der Waals surface area contributed by atoms with Gasteiger partial charge in [-0.25, -0.2) is 9.18 Å². The first-order valence-electron chi connectivity index (χ1n) is 3.99. The first-order chi connectivity index (χ1) is 7.13. The Kier molecular flexibility index (Phi) is 3.41. The predicted octanol–water partition coefficient (Wildman–Crippen LogP) is 1.71. The molecule has 0 radical (unpaired) electrons. The summed E-state index contributed by atoms with van der Waals surface area (Å²) in [5, 5.41) is 19.2. The molecule has 0 aliphatic rings. The van der Waals surface area contributed by atoms with E-state index in [0.717, 1.165) is 18.3 Å². The van der Waals surface area contributed by atoms with Crippen LogP contribution in [0.25, 0.3) is 0 Å². The first kappa shape index (κ1) is 10.7. The van der Waals surface area contributed by atoms with Crippen LogP contribution >= 0.6 is 0 Å². The van der Waals surface area contributed by atoms with Crippen molar-refractivity contribution in [3.8, 4) is 6.07 Å². The Hall–Kier alpha value is -2.35. The molecular weight excluding hydrogens is 199 g/mol. The van der Waals surface area contributed by atoms with E-state index in [2.05, 4.69) is 5.32 Å². The standard InChI is InChI=1S/C10H7FN2O2/c11-8-5-7(6-12)1-2-9(8)13-4-3-10(14)15/h1-5,13H,(H,14,15)/b4-3+.